The molecule has 0 spiro atoms. The molecule has 1 fully saturated rings. The zero-order valence-electron chi connectivity index (χ0n) is 22.1. The number of benzene rings is 3. The fourth-order valence-corrected chi connectivity index (χ4v) is 5.70. The maximum atomic E-state index is 15.2. The minimum Gasteiger partial charge on any atom is -0.398 e. The molecule has 0 radical (unpaired) electrons. The fraction of sp³-hybridized carbons (Fsp3) is 0.310. The Morgan fingerprint density at radius 3 is 2.12 bits per heavy atom. The van der Waals surface area contributed by atoms with Crippen LogP contribution < -0.4 is 10.6 Å². The number of carbonyl (C=O) groups excluding carboxylic acids is 1. The number of nitrogens with two attached hydrogens (primary N) is 1. The van der Waals surface area contributed by atoms with Crippen molar-refractivity contribution >= 4 is 35.4 Å². The number of carbonyl (C=O) groups is 1. The van der Waals surface area contributed by atoms with Crippen LogP contribution in [0.2, 0.25) is 0 Å². The maximum absolute atomic E-state index is 15.2. The quantitative estimate of drug-likeness (QED) is 0.0680. The molecule has 12 heteroatoms. The molecule has 1 aliphatic rings. The van der Waals surface area contributed by atoms with Gasteiger partial charge in [0.1, 0.15) is 10.7 Å². The van der Waals surface area contributed by atoms with E-state index < -0.39 is 52.3 Å². The number of nitrogens with zero attached hydrogens (tertiary/aromatic N) is 2. The van der Waals surface area contributed by atoms with Gasteiger partial charge < -0.3 is 16.0 Å². The van der Waals surface area contributed by atoms with Crippen molar-refractivity contribution in [2.45, 2.75) is 49.5 Å². The predicted octanol–water partition coefficient (Wildman–Crippen LogP) is 7.32. The largest absolute Gasteiger partial charge is 0.398 e. The molecular formula is C29H28F6N4OS. The van der Waals surface area contributed by atoms with Crippen LogP contribution in [0.15, 0.2) is 41.3 Å². The van der Waals surface area contributed by atoms with Crippen LogP contribution in [0.1, 0.15) is 54.7 Å². The molecule has 5 nitrogen and oxygen atoms in total. The minimum atomic E-state index is -2.29. The molecule has 3 N–H and O–H groups in total. The van der Waals surface area contributed by atoms with E-state index in [1.54, 1.807) is 0 Å². The van der Waals surface area contributed by atoms with Gasteiger partial charge in [-0.15, -0.1) is 0 Å². The highest BCUT2D eigenvalue weighted by molar-refractivity contribution is 7.97. The second kappa shape index (κ2) is 13.0. The third kappa shape index (κ3) is 6.70. The summed E-state index contributed by atoms with van der Waals surface area (Å²) in [4.78, 5) is 13.4. The Morgan fingerprint density at radius 1 is 0.951 bits per heavy atom. The summed E-state index contributed by atoms with van der Waals surface area (Å²) in [5.74, 6) is -11.7. The number of anilines is 2. The van der Waals surface area contributed by atoms with E-state index in [9.17, 15) is 26.7 Å². The number of hydrogen-bond acceptors (Lipinski definition) is 5. The first-order chi connectivity index (χ1) is 19.5. The first-order valence-electron chi connectivity index (χ1n) is 12.9. The van der Waals surface area contributed by atoms with Crippen molar-refractivity contribution in [1.82, 2.24) is 4.31 Å². The molecule has 3 aromatic carbocycles. The number of hydrogen-bond donors (Lipinski definition) is 2. The Labute approximate surface area is 238 Å². The zero-order valence-corrected chi connectivity index (χ0v) is 22.9. The molecule has 0 atom stereocenters. The lowest BCUT2D eigenvalue weighted by Gasteiger charge is -2.27. The van der Waals surface area contributed by atoms with Crippen molar-refractivity contribution in [2.75, 3.05) is 24.2 Å². The molecule has 1 aliphatic carbocycles. The normalized spacial score (nSPS) is 14.0. The van der Waals surface area contributed by atoms with Crippen molar-refractivity contribution in [3.8, 4) is 0 Å². The van der Waals surface area contributed by atoms with Crippen LogP contribution in [-0.4, -0.2) is 30.0 Å². The zero-order chi connectivity index (χ0) is 29.8. The molecule has 1 saturated carbocycles. The number of amides is 1. The van der Waals surface area contributed by atoms with Crippen molar-refractivity contribution < 1.29 is 31.1 Å². The maximum Gasteiger partial charge on any atom is 0.242 e. The van der Waals surface area contributed by atoms with Crippen LogP contribution in [-0.2, 0) is 11.3 Å². The molecule has 1 amide bonds. The van der Waals surface area contributed by atoms with E-state index in [0.717, 1.165) is 47.2 Å². The standard InChI is InChI=1S/C29H28F6N4OS/c1-38(41-29-27(34)25(32)24(31)26(33)28(29)35)15-23(40)39(22-12-21(37)19(13-36)11-20(22)30)14-16-7-9-18(10-8-16)17-5-3-2-4-6-17/h7-13,17,36H,2-6,14-15,37H2,1H3. The summed E-state index contributed by atoms with van der Waals surface area (Å²) in [7, 11) is 1.22. The highest BCUT2D eigenvalue weighted by Gasteiger charge is 2.29. The highest BCUT2D eigenvalue weighted by Crippen LogP contribution is 2.34. The van der Waals surface area contributed by atoms with Gasteiger partial charge in [0, 0.05) is 17.5 Å². The van der Waals surface area contributed by atoms with Crippen molar-refractivity contribution in [1.29, 1.82) is 5.41 Å². The van der Waals surface area contributed by atoms with Crippen LogP contribution in [0, 0.1) is 40.3 Å². The number of halogens is 6. The van der Waals surface area contributed by atoms with Gasteiger partial charge in [-0.3, -0.25) is 4.79 Å². The van der Waals surface area contributed by atoms with Crippen LogP contribution in [0.4, 0.5) is 37.7 Å². The first-order valence-corrected chi connectivity index (χ1v) is 13.7. The van der Waals surface area contributed by atoms with E-state index in [4.69, 9.17) is 11.1 Å². The van der Waals surface area contributed by atoms with Gasteiger partial charge in [0.2, 0.25) is 11.7 Å². The Hall–Kier alpha value is -3.51. The Morgan fingerprint density at radius 2 is 1.54 bits per heavy atom. The van der Waals surface area contributed by atoms with E-state index in [0.29, 0.717) is 11.5 Å². The molecule has 218 valence electrons. The average molecular weight is 595 g/mol. The lowest BCUT2D eigenvalue weighted by atomic mass is 9.84. The van der Waals surface area contributed by atoms with Gasteiger partial charge in [-0.25, -0.2) is 30.6 Å². The Kier molecular flexibility index (Phi) is 9.64. The second-order valence-corrected chi connectivity index (χ2v) is 11.1. The lowest BCUT2D eigenvalue weighted by molar-refractivity contribution is -0.118. The third-order valence-corrected chi connectivity index (χ3v) is 8.05. The van der Waals surface area contributed by atoms with Gasteiger partial charge in [0.25, 0.3) is 0 Å². The first kappa shape index (κ1) is 30.4. The monoisotopic (exact) mass is 594 g/mol. The van der Waals surface area contributed by atoms with Gasteiger partial charge >= 0.3 is 0 Å². The molecular weight excluding hydrogens is 566 g/mol. The number of rotatable bonds is 9. The summed E-state index contributed by atoms with van der Waals surface area (Å²) in [6.45, 7) is -0.679. The highest BCUT2D eigenvalue weighted by atomic mass is 32.2. The summed E-state index contributed by atoms with van der Waals surface area (Å²) in [5.41, 5.74) is 7.76. The van der Waals surface area contributed by atoms with Crippen molar-refractivity contribution in [3.05, 3.63) is 88.0 Å². The summed E-state index contributed by atoms with van der Waals surface area (Å²) < 4.78 is 85.3. The second-order valence-electron chi connectivity index (χ2n) is 9.91. The lowest BCUT2D eigenvalue weighted by Crippen LogP contribution is -2.37. The Balaban J connectivity index is 1.60. The summed E-state index contributed by atoms with van der Waals surface area (Å²) in [6, 6.07) is 9.85. The minimum absolute atomic E-state index is 0.0472. The van der Waals surface area contributed by atoms with Gasteiger partial charge in [0.15, 0.2) is 23.3 Å². The molecule has 0 aliphatic heterocycles. The Bertz CT molecular complexity index is 1420. The van der Waals surface area contributed by atoms with Crippen LogP contribution >= 0.6 is 11.9 Å². The van der Waals surface area contributed by atoms with E-state index in [2.05, 4.69) is 0 Å². The predicted molar refractivity (Wildman–Crippen MR) is 147 cm³/mol. The molecule has 4 rings (SSSR count). The third-order valence-electron chi connectivity index (χ3n) is 7.07. The molecule has 3 aromatic rings. The number of nitrogens with one attached hydrogen (secondary N) is 1. The molecule has 0 heterocycles. The molecule has 0 bridgehead atoms. The topological polar surface area (TPSA) is 73.4 Å². The van der Waals surface area contributed by atoms with Crippen LogP contribution in [0.5, 0.6) is 0 Å². The molecule has 41 heavy (non-hydrogen) atoms. The van der Waals surface area contributed by atoms with Gasteiger partial charge in [0.05, 0.1) is 18.8 Å². The van der Waals surface area contributed by atoms with Crippen molar-refractivity contribution in [2.24, 2.45) is 0 Å². The SMILES string of the molecule is CN(CC(=O)N(Cc1ccc(C2CCCCC2)cc1)c1cc(N)c(C=N)cc1F)Sc1c(F)c(F)c(F)c(F)c1F. The van der Waals surface area contributed by atoms with E-state index in [1.807, 2.05) is 24.3 Å². The van der Waals surface area contributed by atoms with Crippen LogP contribution in [0.3, 0.4) is 0 Å². The van der Waals surface area contributed by atoms with E-state index in [1.165, 1.54) is 25.1 Å². The van der Waals surface area contributed by atoms with Crippen LogP contribution in [0.25, 0.3) is 0 Å². The summed E-state index contributed by atoms with van der Waals surface area (Å²) >= 11 is 0.153. The number of likely N-dealkylation sites (N-methyl/N-ethyl adjacent to an activating group) is 1. The van der Waals surface area contributed by atoms with Gasteiger partial charge in [-0.05, 0) is 61.0 Å². The van der Waals surface area contributed by atoms with Gasteiger partial charge in [-0.2, -0.15) is 0 Å². The van der Waals surface area contributed by atoms with Gasteiger partial charge in [-0.1, -0.05) is 43.5 Å². The number of nitrogen functional groups attached to an aromatic ring is 1. The fourth-order valence-electron chi connectivity index (χ4n) is 4.88. The molecule has 0 saturated heterocycles. The molecule has 0 unspecified atom stereocenters. The smallest absolute Gasteiger partial charge is 0.242 e. The summed E-state index contributed by atoms with van der Waals surface area (Å²) in [5, 5.41) is 7.40. The van der Waals surface area contributed by atoms with E-state index in [-0.39, 0.29) is 35.4 Å². The van der Waals surface area contributed by atoms with Crippen molar-refractivity contribution in [3.63, 3.8) is 0 Å². The molecule has 0 aromatic heterocycles. The average Bonchev–Trinajstić information content (AvgIpc) is 2.97. The summed E-state index contributed by atoms with van der Waals surface area (Å²) in [6.07, 6.45) is 6.61. The van der Waals surface area contributed by atoms with E-state index >= 15 is 4.39 Å².